The number of amides is 4. The van der Waals surface area contributed by atoms with Gasteiger partial charge >= 0.3 is 6.03 Å². The standard InChI is InChI=1S/C20H19ClF2N4O3/c21-17-9-15(23)2-1-13(17)10-24-18(28)11-26-7-8-27(12-19(26)29)20(30)25-16-5-3-14(22)4-6-16/h1-6,9H,7-8,10-12H2,(H,24,28)(H,25,30). The van der Waals surface area contributed by atoms with Crippen LogP contribution in [0.15, 0.2) is 42.5 Å². The van der Waals surface area contributed by atoms with Crippen molar-refractivity contribution in [3.05, 3.63) is 64.7 Å². The van der Waals surface area contributed by atoms with E-state index in [4.69, 9.17) is 11.6 Å². The molecular weight excluding hydrogens is 418 g/mol. The predicted octanol–water partition coefficient (Wildman–Crippen LogP) is 2.61. The first-order chi connectivity index (χ1) is 14.3. The summed E-state index contributed by atoms with van der Waals surface area (Å²) >= 11 is 5.92. The first-order valence-electron chi connectivity index (χ1n) is 9.12. The number of carbonyl (C=O) groups is 3. The van der Waals surface area contributed by atoms with Crippen LogP contribution in [-0.2, 0) is 16.1 Å². The first kappa shape index (κ1) is 21.5. The Morgan fingerprint density at radius 2 is 1.73 bits per heavy atom. The van der Waals surface area contributed by atoms with Crippen molar-refractivity contribution in [3.63, 3.8) is 0 Å². The molecule has 2 aromatic carbocycles. The maximum absolute atomic E-state index is 13.1. The third-order valence-electron chi connectivity index (χ3n) is 4.53. The van der Waals surface area contributed by atoms with E-state index < -0.39 is 23.6 Å². The second-order valence-electron chi connectivity index (χ2n) is 6.69. The number of piperazine rings is 1. The Balaban J connectivity index is 1.46. The van der Waals surface area contributed by atoms with Crippen molar-refractivity contribution in [1.29, 1.82) is 0 Å². The molecule has 0 saturated carbocycles. The average molecular weight is 437 g/mol. The number of nitrogens with one attached hydrogen (secondary N) is 2. The highest BCUT2D eigenvalue weighted by molar-refractivity contribution is 6.31. The zero-order chi connectivity index (χ0) is 21.7. The lowest BCUT2D eigenvalue weighted by Gasteiger charge is -2.33. The number of hydrogen-bond donors (Lipinski definition) is 2. The molecule has 3 rings (SSSR count). The Hall–Kier alpha value is -3.20. The fourth-order valence-electron chi connectivity index (χ4n) is 2.87. The van der Waals surface area contributed by atoms with E-state index in [0.29, 0.717) is 11.3 Å². The molecule has 0 atom stereocenters. The van der Waals surface area contributed by atoms with Gasteiger partial charge in [-0.25, -0.2) is 13.6 Å². The number of anilines is 1. The first-order valence-corrected chi connectivity index (χ1v) is 9.49. The molecule has 1 heterocycles. The molecule has 7 nitrogen and oxygen atoms in total. The molecule has 1 saturated heterocycles. The van der Waals surface area contributed by atoms with Crippen molar-refractivity contribution in [2.75, 3.05) is 31.5 Å². The van der Waals surface area contributed by atoms with Crippen LogP contribution < -0.4 is 10.6 Å². The summed E-state index contributed by atoms with van der Waals surface area (Å²) < 4.78 is 26.0. The van der Waals surface area contributed by atoms with E-state index in [9.17, 15) is 23.2 Å². The highest BCUT2D eigenvalue weighted by atomic mass is 35.5. The van der Waals surface area contributed by atoms with Crippen LogP contribution >= 0.6 is 11.6 Å². The van der Waals surface area contributed by atoms with Crippen molar-refractivity contribution in [1.82, 2.24) is 15.1 Å². The van der Waals surface area contributed by atoms with E-state index in [2.05, 4.69) is 10.6 Å². The van der Waals surface area contributed by atoms with Crippen molar-refractivity contribution < 1.29 is 23.2 Å². The molecule has 2 N–H and O–H groups in total. The number of halogens is 3. The van der Waals surface area contributed by atoms with E-state index in [0.717, 1.165) is 6.07 Å². The molecule has 0 radical (unpaired) electrons. The second kappa shape index (κ2) is 9.53. The van der Waals surface area contributed by atoms with Gasteiger partial charge in [-0.15, -0.1) is 0 Å². The maximum atomic E-state index is 13.1. The Morgan fingerprint density at radius 1 is 1.03 bits per heavy atom. The van der Waals surface area contributed by atoms with Crippen LogP contribution in [0.1, 0.15) is 5.56 Å². The van der Waals surface area contributed by atoms with E-state index in [-0.39, 0.29) is 43.7 Å². The number of nitrogens with zero attached hydrogens (tertiary/aromatic N) is 2. The van der Waals surface area contributed by atoms with Crippen molar-refractivity contribution >= 4 is 35.1 Å². The zero-order valence-electron chi connectivity index (χ0n) is 15.8. The summed E-state index contributed by atoms with van der Waals surface area (Å²) in [5, 5.41) is 5.43. The van der Waals surface area contributed by atoms with Crippen LogP contribution in [0.4, 0.5) is 19.3 Å². The lowest BCUT2D eigenvalue weighted by molar-refractivity contribution is -0.139. The van der Waals surface area contributed by atoms with E-state index >= 15 is 0 Å². The molecule has 10 heteroatoms. The monoisotopic (exact) mass is 436 g/mol. The molecule has 0 aromatic heterocycles. The van der Waals surface area contributed by atoms with Gasteiger partial charge in [0.2, 0.25) is 11.8 Å². The van der Waals surface area contributed by atoms with Crippen molar-refractivity contribution in [2.24, 2.45) is 0 Å². The third kappa shape index (κ3) is 5.66. The minimum Gasteiger partial charge on any atom is -0.350 e. The normalized spacial score (nSPS) is 13.9. The Kier molecular flexibility index (Phi) is 6.83. The third-order valence-corrected chi connectivity index (χ3v) is 4.88. The minimum absolute atomic E-state index is 0.103. The number of carbonyl (C=O) groups excluding carboxylic acids is 3. The van der Waals surface area contributed by atoms with Crippen LogP contribution in [0.3, 0.4) is 0 Å². The second-order valence-corrected chi connectivity index (χ2v) is 7.09. The van der Waals surface area contributed by atoms with Gasteiger partial charge < -0.3 is 20.4 Å². The quantitative estimate of drug-likeness (QED) is 0.756. The molecule has 4 amide bonds. The fourth-order valence-corrected chi connectivity index (χ4v) is 3.11. The average Bonchev–Trinajstić information content (AvgIpc) is 2.70. The maximum Gasteiger partial charge on any atom is 0.322 e. The van der Waals surface area contributed by atoms with Gasteiger partial charge in [0.15, 0.2) is 0 Å². The summed E-state index contributed by atoms with van der Waals surface area (Å²) in [6, 6.07) is 8.67. The molecule has 0 aliphatic carbocycles. The molecule has 1 fully saturated rings. The van der Waals surface area contributed by atoms with Crippen molar-refractivity contribution in [3.8, 4) is 0 Å². The lowest BCUT2D eigenvalue weighted by Crippen LogP contribution is -2.55. The van der Waals surface area contributed by atoms with Gasteiger partial charge in [-0.05, 0) is 42.0 Å². The Labute approximate surface area is 176 Å². The van der Waals surface area contributed by atoms with Gasteiger partial charge in [-0.2, -0.15) is 0 Å². The Bertz CT molecular complexity index is 956. The summed E-state index contributed by atoms with van der Waals surface area (Å²) in [5.74, 6) is -1.66. The lowest BCUT2D eigenvalue weighted by atomic mass is 10.2. The highest BCUT2D eigenvalue weighted by Gasteiger charge is 2.28. The molecule has 0 spiro atoms. The zero-order valence-corrected chi connectivity index (χ0v) is 16.6. The van der Waals surface area contributed by atoms with Crippen LogP contribution in [0, 0.1) is 11.6 Å². The molecule has 1 aliphatic rings. The van der Waals surface area contributed by atoms with Gasteiger partial charge in [-0.3, -0.25) is 9.59 Å². The molecule has 0 bridgehead atoms. The molecular formula is C20H19ClF2N4O3. The SMILES string of the molecule is O=C(CN1CCN(C(=O)Nc2ccc(F)cc2)CC1=O)NCc1ccc(F)cc1Cl. The summed E-state index contributed by atoms with van der Waals surface area (Å²) in [4.78, 5) is 39.4. The number of hydrogen-bond acceptors (Lipinski definition) is 3. The topological polar surface area (TPSA) is 81.8 Å². The van der Waals surface area contributed by atoms with Gasteiger partial charge in [0, 0.05) is 30.3 Å². The number of rotatable bonds is 5. The smallest absolute Gasteiger partial charge is 0.322 e. The summed E-state index contributed by atoms with van der Waals surface area (Å²) in [6.07, 6.45) is 0. The van der Waals surface area contributed by atoms with Gasteiger partial charge in [-0.1, -0.05) is 17.7 Å². The van der Waals surface area contributed by atoms with Gasteiger partial charge in [0.25, 0.3) is 0 Å². The van der Waals surface area contributed by atoms with Crippen molar-refractivity contribution in [2.45, 2.75) is 6.54 Å². The largest absolute Gasteiger partial charge is 0.350 e. The number of benzene rings is 2. The molecule has 1 aliphatic heterocycles. The molecule has 2 aromatic rings. The highest BCUT2D eigenvalue weighted by Crippen LogP contribution is 2.17. The predicted molar refractivity (Wildman–Crippen MR) is 107 cm³/mol. The molecule has 158 valence electrons. The summed E-state index contributed by atoms with van der Waals surface area (Å²) in [6.45, 7) is 0.206. The van der Waals surface area contributed by atoms with E-state index in [1.54, 1.807) is 0 Å². The van der Waals surface area contributed by atoms with Crippen LogP contribution in [-0.4, -0.2) is 53.8 Å². The summed E-state index contributed by atoms with van der Waals surface area (Å²) in [7, 11) is 0. The number of urea groups is 1. The molecule has 0 unspecified atom stereocenters. The molecule has 30 heavy (non-hydrogen) atoms. The van der Waals surface area contributed by atoms with E-state index in [1.165, 1.54) is 46.2 Å². The Morgan fingerprint density at radius 3 is 2.40 bits per heavy atom. The van der Waals surface area contributed by atoms with Crippen LogP contribution in [0.5, 0.6) is 0 Å². The van der Waals surface area contributed by atoms with Gasteiger partial charge in [0.05, 0.1) is 6.54 Å². The van der Waals surface area contributed by atoms with Crippen LogP contribution in [0.2, 0.25) is 5.02 Å². The van der Waals surface area contributed by atoms with Gasteiger partial charge in [0.1, 0.15) is 18.2 Å². The van der Waals surface area contributed by atoms with Crippen LogP contribution in [0.25, 0.3) is 0 Å². The minimum atomic E-state index is -0.481. The summed E-state index contributed by atoms with van der Waals surface area (Å²) in [5.41, 5.74) is 0.968. The van der Waals surface area contributed by atoms with E-state index in [1.807, 2.05) is 0 Å². The fraction of sp³-hybridized carbons (Fsp3) is 0.250.